The summed E-state index contributed by atoms with van der Waals surface area (Å²) in [4.78, 5) is 40.4. The Labute approximate surface area is 192 Å². The third-order valence-corrected chi connectivity index (χ3v) is 5.99. The van der Waals surface area contributed by atoms with Crippen molar-refractivity contribution in [3.8, 4) is 0 Å². The highest BCUT2D eigenvalue weighted by molar-refractivity contribution is 6.05. The second-order valence-electron chi connectivity index (χ2n) is 8.28. The van der Waals surface area contributed by atoms with E-state index in [0.717, 1.165) is 36.8 Å². The molecular weight excluding hydrogens is 418 g/mol. The summed E-state index contributed by atoms with van der Waals surface area (Å²) < 4.78 is 0. The number of benzene rings is 2. The van der Waals surface area contributed by atoms with Gasteiger partial charge in [-0.1, -0.05) is 61.4 Å². The number of amides is 3. The highest BCUT2D eigenvalue weighted by Crippen LogP contribution is 2.26. The van der Waals surface area contributed by atoms with Crippen LogP contribution >= 0.6 is 0 Å². The van der Waals surface area contributed by atoms with Crippen molar-refractivity contribution in [2.24, 2.45) is 0 Å². The Kier molecular flexibility index (Phi) is 7.34. The number of aromatic amines is 1. The zero-order chi connectivity index (χ0) is 23.0. The molecule has 2 heterocycles. The fourth-order valence-electron chi connectivity index (χ4n) is 4.25. The Balaban J connectivity index is 1.52. The monoisotopic (exact) mass is 447 g/mol. The lowest BCUT2D eigenvalue weighted by molar-refractivity contribution is -0.134. The normalized spacial score (nSPS) is 17.8. The number of rotatable bonds is 4. The van der Waals surface area contributed by atoms with Crippen LogP contribution in [0.4, 0.5) is 0 Å². The van der Waals surface area contributed by atoms with E-state index in [2.05, 4.69) is 20.8 Å². The van der Waals surface area contributed by atoms with Gasteiger partial charge in [0.05, 0.1) is 24.5 Å². The first-order valence-electron chi connectivity index (χ1n) is 11.5. The summed E-state index contributed by atoms with van der Waals surface area (Å²) in [6, 6.07) is 16.6. The second kappa shape index (κ2) is 10.8. The van der Waals surface area contributed by atoms with Crippen LogP contribution in [-0.4, -0.2) is 52.5 Å². The number of nitrogens with one attached hydrogen (secondary N) is 3. The van der Waals surface area contributed by atoms with Crippen molar-refractivity contribution in [1.29, 1.82) is 0 Å². The number of aromatic nitrogens is 2. The SMILES string of the molecule is O=C1CC(c2ccccc2)N(C(=O)CNC(=O)c2n[nH]c3ccccc23)CCCCCCN1. The third-order valence-electron chi connectivity index (χ3n) is 5.99. The number of hydrogen-bond donors (Lipinski definition) is 3. The van der Waals surface area contributed by atoms with Crippen LogP contribution in [0.2, 0.25) is 0 Å². The predicted octanol–water partition coefficient (Wildman–Crippen LogP) is 2.94. The lowest BCUT2D eigenvalue weighted by atomic mass is 10.0. The van der Waals surface area contributed by atoms with Crippen LogP contribution in [0.5, 0.6) is 0 Å². The molecule has 1 atom stereocenters. The lowest BCUT2D eigenvalue weighted by Gasteiger charge is -2.32. The van der Waals surface area contributed by atoms with Crippen LogP contribution in [-0.2, 0) is 9.59 Å². The summed E-state index contributed by atoms with van der Waals surface area (Å²) in [5.41, 5.74) is 1.93. The molecule has 2 aromatic carbocycles. The fraction of sp³-hybridized carbons (Fsp3) is 0.360. The molecule has 1 aliphatic rings. The van der Waals surface area contributed by atoms with E-state index in [0.29, 0.717) is 18.5 Å². The summed E-state index contributed by atoms with van der Waals surface area (Å²) in [5.74, 6) is -0.702. The zero-order valence-corrected chi connectivity index (χ0v) is 18.5. The number of nitrogens with zero attached hydrogens (tertiary/aromatic N) is 2. The van der Waals surface area contributed by atoms with E-state index in [4.69, 9.17) is 0 Å². The molecule has 1 fully saturated rings. The molecule has 4 rings (SSSR count). The first kappa shape index (κ1) is 22.5. The molecular formula is C25H29N5O3. The number of H-pyrrole nitrogens is 1. The van der Waals surface area contributed by atoms with E-state index in [1.807, 2.05) is 54.6 Å². The van der Waals surface area contributed by atoms with Gasteiger partial charge in [-0.2, -0.15) is 5.10 Å². The maximum absolute atomic E-state index is 13.3. The third kappa shape index (κ3) is 5.58. The molecule has 33 heavy (non-hydrogen) atoms. The minimum Gasteiger partial charge on any atom is -0.356 e. The number of hydrogen-bond acceptors (Lipinski definition) is 4. The smallest absolute Gasteiger partial charge is 0.272 e. The molecule has 0 bridgehead atoms. The molecule has 3 aromatic rings. The Morgan fingerprint density at radius 1 is 1.00 bits per heavy atom. The average molecular weight is 448 g/mol. The quantitative estimate of drug-likeness (QED) is 0.572. The van der Waals surface area contributed by atoms with E-state index in [-0.39, 0.29) is 36.5 Å². The van der Waals surface area contributed by atoms with Gasteiger partial charge < -0.3 is 15.5 Å². The van der Waals surface area contributed by atoms with Gasteiger partial charge in [-0.25, -0.2) is 0 Å². The maximum Gasteiger partial charge on any atom is 0.272 e. The molecule has 0 saturated carbocycles. The largest absolute Gasteiger partial charge is 0.356 e. The van der Waals surface area contributed by atoms with Gasteiger partial charge in [0.15, 0.2) is 5.69 Å². The molecule has 0 spiro atoms. The molecule has 1 aromatic heterocycles. The van der Waals surface area contributed by atoms with Gasteiger partial charge in [0.2, 0.25) is 11.8 Å². The van der Waals surface area contributed by atoms with Crippen molar-refractivity contribution in [3.63, 3.8) is 0 Å². The molecule has 0 radical (unpaired) electrons. The van der Waals surface area contributed by atoms with Gasteiger partial charge in [0, 0.05) is 18.5 Å². The minimum absolute atomic E-state index is 0.0735. The van der Waals surface area contributed by atoms with E-state index >= 15 is 0 Å². The summed E-state index contributed by atoms with van der Waals surface area (Å²) in [6.45, 7) is 1.03. The van der Waals surface area contributed by atoms with E-state index in [9.17, 15) is 14.4 Å². The summed E-state index contributed by atoms with van der Waals surface area (Å²) in [5, 5.41) is 13.3. The van der Waals surface area contributed by atoms with E-state index < -0.39 is 5.91 Å². The molecule has 1 unspecified atom stereocenters. The van der Waals surface area contributed by atoms with Gasteiger partial charge in [0.1, 0.15) is 0 Å². The van der Waals surface area contributed by atoms with Gasteiger partial charge in [-0.15, -0.1) is 0 Å². The zero-order valence-electron chi connectivity index (χ0n) is 18.5. The second-order valence-corrected chi connectivity index (χ2v) is 8.28. The summed E-state index contributed by atoms with van der Waals surface area (Å²) in [6.07, 6.45) is 3.95. The number of carbonyl (C=O) groups is 3. The molecule has 1 aliphatic heterocycles. The molecule has 3 amide bonds. The molecule has 3 N–H and O–H groups in total. The molecule has 0 aliphatic carbocycles. The topological polar surface area (TPSA) is 107 Å². The Morgan fingerprint density at radius 3 is 2.61 bits per heavy atom. The molecule has 1 saturated heterocycles. The number of para-hydroxylation sites is 1. The van der Waals surface area contributed by atoms with Crippen LogP contribution in [0.3, 0.4) is 0 Å². The van der Waals surface area contributed by atoms with E-state index in [1.165, 1.54) is 0 Å². The van der Waals surface area contributed by atoms with Crippen LogP contribution < -0.4 is 10.6 Å². The first-order valence-corrected chi connectivity index (χ1v) is 11.5. The van der Waals surface area contributed by atoms with Crippen LogP contribution in [0, 0.1) is 0 Å². The van der Waals surface area contributed by atoms with Crippen molar-refractivity contribution in [2.75, 3.05) is 19.6 Å². The summed E-state index contributed by atoms with van der Waals surface area (Å²) in [7, 11) is 0. The van der Waals surface area contributed by atoms with Crippen molar-refractivity contribution in [1.82, 2.24) is 25.7 Å². The number of carbonyl (C=O) groups excluding carboxylic acids is 3. The highest BCUT2D eigenvalue weighted by Gasteiger charge is 2.28. The Bertz CT molecular complexity index is 1110. The lowest BCUT2D eigenvalue weighted by Crippen LogP contribution is -2.44. The molecule has 8 heteroatoms. The molecule has 8 nitrogen and oxygen atoms in total. The fourth-order valence-corrected chi connectivity index (χ4v) is 4.25. The summed E-state index contributed by atoms with van der Waals surface area (Å²) >= 11 is 0. The highest BCUT2D eigenvalue weighted by atomic mass is 16.2. The first-order chi connectivity index (χ1) is 16.1. The molecule has 172 valence electrons. The minimum atomic E-state index is -0.410. The Hall–Kier alpha value is -3.68. The van der Waals surface area contributed by atoms with Crippen molar-refractivity contribution in [2.45, 2.75) is 38.1 Å². The van der Waals surface area contributed by atoms with Gasteiger partial charge in [-0.05, 0) is 24.5 Å². The van der Waals surface area contributed by atoms with Gasteiger partial charge in [-0.3, -0.25) is 19.5 Å². The number of fused-ring (bicyclic) bond motifs is 1. The maximum atomic E-state index is 13.3. The van der Waals surface area contributed by atoms with Crippen molar-refractivity contribution >= 4 is 28.6 Å². The Morgan fingerprint density at radius 2 is 1.76 bits per heavy atom. The van der Waals surface area contributed by atoms with Gasteiger partial charge >= 0.3 is 0 Å². The van der Waals surface area contributed by atoms with E-state index in [1.54, 1.807) is 4.90 Å². The predicted molar refractivity (Wildman–Crippen MR) is 125 cm³/mol. The van der Waals surface area contributed by atoms with Crippen LogP contribution in [0.25, 0.3) is 10.9 Å². The van der Waals surface area contributed by atoms with Crippen molar-refractivity contribution < 1.29 is 14.4 Å². The van der Waals surface area contributed by atoms with Gasteiger partial charge in [0.25, 0.3) is 5.91 Å². The average Bonchev–Trinajstić information content (AvgIpc) is 3.26. The standard InChI is InChI=1S/C25H29N5O3/c31-22-16-21(18-10-4-3-5-11-18)30(15-9-2-1-8-14-26-22)23(32)17-27-25(33)24-19-12-6-7-13-20(19)28-29-24/h3-7,10-13,21H,1-2,8-9,14-17H2,(H,26,31)(H,27,33)(H,28,29). The van der Waals surface area contributed by atoms with Crippen LogP contribution in [0.15, 0.2) is 54.6 Å². The van der Waals surface area contributed by atoms with Crippen LogP contribution in [0.1, 0.15) is 54.2 Å². The van der Waals surface area contributed by atoms with Crippen molar-refractivity contribution in [3.05, 3.63) is 65.9 Å².